The molecule has 186 valence electrons. The number of nitrogens with zero attached hydrogens (tertiary/aromatic N) is 2. The summed E-state index contributed by atoms with van der Waals surface area (Å²) in [6.07, 6.45) is 7.21. The van der Waals surface area contributed by atoms with Gasteiger partial charge in [0.2, 0.25) is 17.7 Å². The molecule has 8 heteroatoms. The number of anilines is 1. The van der Waals surface area contributed by atoms with Gasteiger partial charge in [0.15, 0.2) is 0 Å². The van der Waals surface area contributed by atoms with E-state index in [4.69, 9.17) is 0 Å². The summed E-state index contributed by atoms with van der Waals surface area (Å²) in [4.78, 5) is 52.8. The zero-order chi connectivity index (χ0) is 24.5. The molecule has 1 aromatic carbocycles. The molecule has 0 spiro atoms. The number of rotatable bonds is 13. The lowest BCUT2D eigenvalue weighted by Crippen LogP contribution is -2.52. The molecule has 1 saturated heterocycles. The molecule has 2 heterocycles. The number of hydrogen-bond acceptors (Lipinski definition) is 5. The van der Waals surface area contributed by atoms with Gasteiger partial charge in [-0.05, 0) is 44.2 Å². The standard InChI is InChI=1S/C26H38N4O4/c1-3-5-7-16-29(17-8-6-15-27-23(31)10-4-2)21-12-9-11-19-20(21)18-30(26(19)34)22-13-14-24(32)28-25(22)33/h9,11-12,22H,3-8,10,13-18H2,1-2H3,(H,27,31)(H,28,32,33). The van der Waals surface area contributed by atoms with Crippen LogP contribution in [0.25, 0.3) is 0 Å². The Labute approximate surface area is 202 Å². The maximum atomic E-state index is 13.2. The second-order valence-electron chi connectivity index (χ2n) is 9.20. The summed E-state index contributed by atoms with van der Waals surface area (Å²) in [6, 6.07) is 5.21. The van der Waals surface area contributed by atoms with Gasteiger partial charge >= 0.3 is 0 Å². The predicted octanol–water partition coefficient (Wildman–Crippen LogP) is 3.14. The van der Waals surface area contributed by atoms with E-state index in [1.807, 2.05) is 19.1 Å². The third-order valence-electron chi connectivity index (χ3n) is 6.58. The Bertz CT molecular complexity index is 901. The fourth-order valence-corrected chi connectivity index (χ4v) is 4.74. The fourth-order valence-electron chi connectivity index (χ4n) is 4.74. The highest BCUT2D eigenvalue weighted by Gasteiger charge is 2.40. The Hall–Kier alpha value is -2.90. The summed E-state index contributed by atoms with van der Waals surface area (Å²) >= 11 is 0. The normalized spacial score (nSPS) is 17.5. The zero-order valence-electron chi connectivity index (χ0n) is 20.5. The van der Waals surface area contributed by atoms with Crippen molar-refractivity contribution < 1.29 is 19.2 Å². The lowest BCUT2D eigenvalue weighted by Gasteiger charge is -2.30. The fraction of sp³-hybridized carbons (Fsp3) is 0.615. The predicted molar refractivity (Wildman–Crippen MR) is 131 cm³/mol. The Kier molecular flexibility index (Phi) is 9.48. The van der Waals surface area contributed by atoms with Crippen molar-refractivity contribution in [2.45, 2.75) is 84.2 Å². The van der Waals surface area contributed by atoms with Gasteiger partial charge in [0.25, 0.3) is 5.91 Å². The second-order valence-corrected chi connectivity index (χ2v) is 9.20. The first kappa shape index (κ1) is 25.7. The smallest absolute Gasteiger partial charge is 0.255 e. The number of hydrogen-bond donors (Lipinski definition) is 2. The van der Waals surface area contributed by atoms with Crippen LogP contribution < -0.4 is 15.5 Å². The number of fused-ring (bicyclic) bond motifs is 1. The summed E-state index contributed by atoms with van der Waals surface area (Å²) in [7, 11) is 0. The minimum absolute atomic E-state index is 0.107. The highest BCUT2D eigenvalue weighted by molar-refractivity contribution is 6.06. The molecule has 0 saturated carbocycles. The summed E-state index contributed by atoms with van der Waals surface area (Å²) in [6.45, 7) is 6.98. The summed E-state index contributed by atoms with van der Waals surface area (Å²) in [5.74, 6) is -0.698. The quantitative estimate of drug-likeness (QED) is 0.341. The van der Waals surface area contributed by atoms with E-state index < -0.39 is 6.04 Å². The van der Waals surface area contributed by atoms with Crippen molar-refractivity contribution in [3.8, 4) is 0 Å². The number of benzene rings is 1. The average Bonchev–Trinajstić information content (AvgIpc) is 3.14. The number of carbonyl (C=O) groups is 4. The minimum Gasteiger partial charge on any atom is -0.371 e. The topological polar surface area (TPSA) is 98.8 Å². The van der Waals surface area contributed by atoms with Crippen molar-refractivity contribution in [1.82, 2.24) is 15.5 Å². The highest BCUT2D eigenvalue weighted by atomic mass is 16.2. The van der Waals surface area contributed by atoms with E-state index in [0.29, 0.717) is 31.5 Å². The molecule has 34 heavy (non-hydrogen) atoms. The number of nitrogens with one attached hydrogen (secondary N) is 2. The van der Waals surface area contributed by atoms with Crippen LogP contribution in [0.2, 0.25) is 0 Å². The van der Waals surface area contributed by atoms with Crippen molar-refractivity contribution in [1.29, 1.82) is 0 Å². The molecule has 0 aromatic heterocycles. The lowest BCUT2D eigenvalue weighted by atomic mass is 10.0. The lowest BCUT2D eigenvalue weighted by molar-refractivity contribution is -0.137. The van der Waals surface area contributed by atoms with Crippen molar-refractivity contribution in [2.75, 3.05) is 24.5 Å². The maximum Gasteiger partial charge on any atom is 0.255 e. The van der Waals surface area contributed by atoms with Crippen LogP contribution in [-0.2, 0) is 20.9 Å². The number of piperidine rings is 1. The summed E-state index contributed by atoms with van der Waals surface area (Å²) < 4.78 is 0. The first-order valence-corrected chi connectivity index (χ1v) is 12.7. The Morgan fingerprint density at radius 3 is 2.56 bits per heavy atom. The van der Waals surface area contributed by atoms with Crippen LogP contribution >= 0.6 is 0 Å². The van der Waals surface area contributed by atoms with Crippen molar-refractivity contribution in [2.24, 2.45) is 0 Å². The van der Waals surface area contributed by atoms with Crippen LogP contribution in [0.5, 0.6) is 0 Å². The molecule has 0 aliphatic carbocycles. The van der Waals surface area contributed by atoms with Crippen LogP contribution in [-0.4, -0.2) is 54.2 Å². The monoisotopic (exact) mass is 470 g/mol. The van der Waals surface area contributed by atoms with Gasteiger partial charge in [0, 0.05) is 55.8 Å². The van der Waals surface area contributed by atoms with Gasteiger partial charge in [0.05, 0.1) is 0 Å². The van der Waals surface area contributed by atoms with Crippen LogP contribution in [0, 0.1) is 0 Å². The molecule has 2 aliphatic rings. The Morgan fingerprint density at radius 2 is 1.85 bits per heavy atom. The molecule has 4 amide bonds. The van der Waals surface area contributed by atoms with E-state index in [2.05, 4.69) is 28.5 Å². The number of amides is 4. The van der Waals surface area contributed by atoms with Gasteiger partial charge in [-0.2, -0.15) is 0 Å². The molecule has 0 radical (unpaired) electrons. The molecular weight excluding hydrogens is 432 g/mol. The van der Waals surface area contributed by atoms with Gasteiger partial charge in [-0.1, -0.05) is 32.8 Å². The molecule has 0 bridgehead atoms. The largest absolute Gasteiger partial charge is 0.371 e. The molecule has 1 atom stereocenters. The van der Waals surface area contributed by atoms with Crippen LogP contribution in [0.3, 0.4) is 0 Å². The number of unbranched alkanes of at least 4 members (excludes halogenated alkanes) is 3. The van der Waals surface area contributed by atoms with E-state index in [1.165, 1.54) is 0 Å². The number of imide groups is 1. The van der Waals surface area contributed by atoms with E-state index in [1.54, 1.807) is 4.90 Å². The Morgan fingerprint density at radius 1 is 1.09 bits per heavy atom. The maximum absolute atomic E-state index is 13.2. The van der Waals surface area contributed by atoms with E-state index >= 15 is 0 Å². The van der Waals surface area contributed by atoms with E-state index in [9.17, 15) is 19.2 Å². The average molecular weight is 471 g/mol. The molecular formula is C26H38N4O4. The van der Waals surface area contributed by atoms with E-state index in [-0.39, 0.29) is 30.0 Å². The third kappa shape index (κ3) is 6.36. The van der Waals surface area contributed by atoms with Gasteiger partial charge in [-0.25, -0.2) is 0 Å². The molecule has 1 fully saturated rings. The molecule has 2 aliphatic heterocycles. The van der Waals surface area contributed by atoms with Gasteiger partial charge in [0.1, 0.15) is 6.04 Å². The summed E-state index contributed by atoms with van der Waals surface area (Å²) in [5, 5.41) is 5.34. The molecule has 1 unspecified atom stereocenters. The summed E-state index contributed by atoms with van der Waals surface area (Å²) in [5.41, 5.74) is 2.66. The van der Waals surface area contributed by atoms with Crippen molar-refractivity contribution in [3.05, 3.63) is 29.3 Å². The molecule has 3 rings (SSSR count). The van der Waals surface area contributed by atoms with Gasteiger partial charge in [-0.15, -0.1) is 0 Å². The zero-order valence-corrected chi connectivity index (χ0v) is 20.5. The van der Waals surface area contributed by atoms with Crippen LogP contribution in [0.4, 0.5) is 5.69 Å². The Balaban J connectivity index is 1.69. The highest BCUT2D eigenvalue weighted by Crippen LogP contribution is 2.34. The third-order valence-corrected chi connectivity index (χ3v) is 6.58. The van der Waals surface area contributed by atoms with Gasteiger partial charge < -0.3 is 15.1 Å². The van der Waals surface area contributed by atoms with Gasteiger partial charge in [-0.3, -0.25) is 24.5 Å². The minimum atomic E-state index is -0.606. The first-order valence-electron chi connectivity index (χ1n) is 12.7. The van der Waals surface area contributed by atoms with Crippen molar-refractivity contribution >= 4 is 29.3 Å². The molecule has 2 N–H and O–H groups in total. The first-order chi connectivity index (χ1) is 16.5. The SMILES string of the molecule is CCCCCN(CCCCNC(=O)CCC)c1cccc2c1CN(C1CCC(=O)NC1=O)C2=O. The molecule has 1 aromatic rings. The number of carbonyl (C=O) groups excluding carboxylic acids is 4. The van der Waals surface area contributed by atoms with Crippen LogP contribution in [0.15, 0.2) is 18.2 Å². The molecule has 8 nitrogen and oxygen atoms in total. The van der Waals surface area contributed by atoms with Crippen molar-refractivity contribution in [3.63, 3.8) is 0 Å². The van der Waals surface area contributed by atoms with E-state index in [0.717, 1.165) is 62.9 Å². The second kappa shape index (κ2) is 12.5. The van der Waals surface area contributed by atoms with Crippen LogP contribution in [0.1, 0.15) is 87.6 Å².